The Hall–Kier alpha value is -1.88. The minimum absolute atomic E-state index is 0.128. The monoisotopic (exact) mass is 287 g/mol. The van der Waals surface area contributed by atoms with Crippen LogP contribution < -0.4 is 0 Å². The Morgan fingerprint density at radius 2 is 1.80 bits per heavy atom. The van der Waals surface area contributed by atoms with Crippen LogP contribution in [0.4, 0.5) is 0 Å². The Kier molecular flexibility index (Phi) is 5.55. The third kappa shape index (κ3) is 4.66. The van der Waals surface area contributed by atoms with Crippen LogP contribution in [0.3, 0.4) is 0 Å². The molecule has 2 aromatic heterocycles. The van der Waals surface area contributed by atoms with Crippen LogP contribution in [0, 0.1) is 0 Å². The van der Waals surface area contributed by atoms with Crippen molar-refractivity contribution in [2.75, 3.05) is 12.8 Å². The molecule has 0 atom stereocenters. The van der Waals surface area contributed by atoms with Crippen molar-refractivity contribution in [1.29, 1.82) is 0 Å². The predicted molar refractivity (Wildman–Crippen MR) is 81.1 cm³/mol. The molecule has 0 aliphatic heterocycles. The fourth-order valence-electron chi connectivity index (χ4n) is 1.70. The molecule has 2 aromatic rings. The summed E-state index contributed by atoms with van der Waals surface area (Å²) in [5.41, 5.74) is 2.18. The maximum Gasteiger partial charge on any atom is 0.232 e. The third-order valence-corrected chi connectivity index (χ3v) is 3.77. The van der Waals surface area contributed by atoms with Gasteiger partial charge in [0.15, 0.2) is 0 Å². The Morgan fingerprint density at radius 3 is 2.40 bits per heavy atom. The maximum absolute atomic E-state index is 12.0. The number of pyridine rings is 2. The van der Waals surface area contributed by atoms with E-state index in [0.29, 0.717) is 12.3 Å². The SMILES string of the molecule is CN(Cc1cccnc1)C(=O)CSCc1cccnc1. The summed E-state index contributed by atoms with van der Waals surface area (Å²) in [6, 6.07) is 7.78. The molecule has 0 fully saturated rings. The van der Waals surface area contributed by atoms with Crippen LogP contribution in [0.5, 0.6) is 0 Å². The second-order valence-corrected chi connectivity index (χ2v) is 5.45. The van der Waals surface area contributed by atoms with Gasteiger partial charge in [0.2, 0.25) is 5.91 Å². The average molecular weight is 287 g/mol. The molecule has 0 bridgehead atoms. The minimum Gasteiger partial charge on any atom is -0.341 e. The van der Waals surface area contributed by atoms with E-state index in [1.165, 1.54) is 0 Å². The number of hydrogen-bond acceptors (Lipinski definition) is 4. The molecule has 0 aliphatic rings. The number of aromatic nitrogens is 2. The van der Waals surface area contributed by atoms with Crippen molar-refractivity contribution in [2.45, 2.75) is 12.3 Å². The van der Waals surface area contributed by atoms with Gasteiger partial charge >= 0.3 is 0 Å². The van der Waals surface area contributed by atoms with Gasteiger partial charge < -0.3 is 4.90 Å². The molecule has 2 rings (SSSR count). The van der Waals surface area contributed by atoms with E-state index in [9.17, 15) is 4.79 Å². The summed E-state index contributed by atoms with van der Waals surface area (Å²) in [5.74, 6) is 1.41. The molecule has 0 spiro atoms. The zero-order chi connectivity index (χ0) is 14.2. The van der Waals surface area contributed by atoms with E-state index in [2.05, 4.69) is 9.97 Å². The van der Waals surface area contributed by atoms with E-state index in [1.54, 1.807) is 35.3 Å². The second kappa shape index (κ2) is 7.65. The Bertz CT molecular complexity index is 533. The van der Waals surface area contributed by atoms with E-state index in [-0.39, 0.29) is 5.91 Å². The summed E-state index contributed by atoms with van der Waals surface area (Å²) >= 11 is 1.61. The van der Waals surface area contributed by atoms with Crippen molar-refractivity contribution in [3.63, 3.8) is 0 Å². The lowest BCUT2D eigenvalue weighted by Crippen LogP contribution is -2.27. The first kappa shape index (κ1) is 14.5. The molecule has 0 N–H and O–H groups in total. The van der Waals surface area contributed by atoms with Crippen LogP contribution in [-0.4, -0.2) is 33.6 Å². The van der Waals surface area contributed by atoms with Gasteiger partial charge in [0.05, 0.1) is 5.75 Å². The molecule has 0 saturated carbocycles. The zero-order valence-electron chi connectivity index (χ0n) is 11.4. The number of rotatable bonds is 6. The normalized spacial score (nSPS) is 10.2. The Morgan fingerprint density at radius 1 is 1.15 bits per heavy atom. The van der Waals surface area contributed by atoms with E-state index < -0.39 is 0 Å². The summed E-state index contributed by atoms with van der Waals surface area (Å²) in [6.07, 6.45) is 7.10. The summed E-state index contributed by atoms with van der Waals surface area (Å²) < 4.78 is 0. The first-order valence-corrected chi connectivity index (χ1v) is 7.50. The molecule has 0 unspecified atom stereocenters. The molecule has 4 nitrogen and oxygen atoms in total. The van der Waals surface area contributed by atoms with Crippen molar-refractivity contribution >= 4 is 17.7 Å². The van der Waals surface area contributed by atoms with E-state index in [4.69, 9.17) is 0 Å². The summed E-state index contributed by atoms with van der Waals surface area (Å²) in [6.45, 7) is 0.597. The number of nitrogens with zero attached hydrogens (tertiary/aromatic N) is 3. The van der Waals surface area contributed by atoms with Gasteiger partial charge in [-0.25, -0.2) is 0 Å². The topological polar surface area (TPSA) is 46.1 Å². The molecule has 2 heterocycles. The fraction of sp³-hybridized carbons (Fsp3) is 0.267. The van der Waals surface area contributed by atoms with Crippen LogP contribution in [0.2, 0.25) is 0 Å². The number of thioether (sulfide) groups is 1. The molecule has 5 heteroatoms. The first-order chi connectivity index (χ1) is 9.75. The van der Waals surface area contributed by atoms with Crippen molar-refractivity contribution in [3.05, 3.63) is 60.2 Å². The summed E-state index contributed by atoms with van der Waals surface area (Å²) in [7, 11) is 1.82. The summed E-state index contributed by atoms with van der Waals surface area (Å²) in [4.78, 5) is 21.8. The van der Waals surface area contributed by atoms with E-state index in [1.807, 2.05) is 37.5 Å². The highest BCUT2D eigenvalue weighted by Crippen LogP contribution is 2.12. The smallest absolute Gasteiger partial charge is 0.232 e. The predicted octanol–water partition coefficient (Wildman–Crippen LogP) is 2.37. The standard InChI is InChI=1S/C15H17N3OS/c1-18(10-13-4-2-6-16-8-13)15(19)12-20-11-14-5-3-7-17-9-14/h2-9H,10-12H2,1H3. The van der Waals surface area contributed by atoms with Gasteiger partial charge in [0.1, 0.15) is 0 Å². The van der Waals surface area contributed by atoms with Gasteiger partial charge in [0, 0.05) is 44.1 Å². The third-order valence-electron chi connectivity index (χ3n) is 2.79. The van der Waals surface area contributed by atoms with Crippen molar-refractivity contribution < 1.29 is 4.79 Å². The van der Waals surface area contributed by atoms with Gasteiger partial charge in [-0.05, 0) is 23.3 Å². The van der Waals surface area contributed by atoms with Gasteiger partial charge in [0.25, 0.3) is 0 Å². The molecule has 0 aliphatic carbocycles. The highest BCUT2D eigenvalue weighted by molar-refractivity contribution is 7.99. The summed E-state index contributed by atoms with van der Waals surface area (Å²) in [5, 5.41) is 0. The first-order valence-electron chi connectivity index (χ1n) is 6.35. The highest BCUT2D eigenvalue weighted by Gasteiger charge is 2.09. The van der Waals surface area contributed by atoms with E-state index >= 15 is 0 Å². The molecule has 104 valence electrons. The molecule has 0 saturated heterocycles. The minimum atomic E-state index is 0.128. The second-order valence-electron chi connectivity index (χ2n) is 4.47. The van der Waals surface area contributed by atoms with Crippen LogP contribution in [0.25, 0.3) is 0 Å². The average Bonchev–Trinajstić information content (AvgIpc) is 2.49. The molecular formula is C15H17N3OS. The van der Waals surface area contributed by atoms with Gasteiger partial charge in [-0.1, -0.05) is 12.1 Å². The molecule has 0 radical (unpaired) electrons. The molecule has 20 heavy (non-hydrogen) atoms. The van der Waals surface area contributed by atoms with Crippen molar-refractivity contribution in [3.8, 4) is 0 Å². The maximum atomic E-state index is 12.0. The van der Waals surface area contributed by atoms with Gasteiger partial charge in [-0.3, -0.25) is 14.8 Å². The van der Waals surface area contributed by atoms with Crippen LogP contribution >= 0.6 is 11.8 Å². The van der Waals surface area contributed by atoms with Crippen molar-refractivity contribution in [1.82, 2.24) is 14.9 Å². The van der Waals surface area contributed by atoms with E-state index in [0.717, 1.165) is 16.9 Å². The Labute approximate surface area is 123 Å². The highest BCUT2D eigenvalue weighted by atomic mass is 32.2. The van der Waals surface area contributed by atoms with Crippen LogP contribution in [0.15, 0.2) is 49.1 Å². The Balaban J connectivity index is 1.74. The molecule has 0 aromatic carbocycles. The molecule has 1 amide bonds. The van der Waals surface area contributed by atoms with Gasteiger partial charge in [-0.2, -0.15) is 0 Å². The lowest BCUT2D eigenvalue weighted by molar-refractivity contribution is -0.127. The lowest BCUT2D eigenvalue weighted by atomic mass is 10.3. The van der Waals surface area contributed by atoms with Crippen LogP contribution in [0.1, 0.15) is 11.1 Å². The van der Waals surface area contributed by atoms with Crippen LogP contribution in [-0.2, 0) is 17.1 Å². The fourth-order valence-corrected chi connectivity index (χ4v) is 2.61. The lowest BCUT2D eigenvalue weighted by Gasteiger charge is -2.16. The number of carbonyl (C=O) groups excluding carboxylic acids is 1. The zero-order valence-corrected chi connectivity index (χ0v) is 12.2. The largest absolute Gasteiger partial charge is 0.341 e. The number of hydrogen-bond donors (Lipinski definition) is 0. The quantitative estimate of drug-likeness (QED) is 0.818. The molecular weight excluding hydrogens is 270 g/mol. The van der Waals surface area contributed by atoms with Crippen molar-refractivity contribution in [2.24, 2.45) is 0 Å². The number of carbonyl (C=O) groups is 1. The van der Waals surface area contributed by atoms with Gasteiger partial charge in [-0.15, -0.1) is 11.8 Å². The number of amides is 1.